The van der Waals surface area contributed by atoms with Gasteiger partial charge in [0.25, 0.3) is 17.4 Å². The van der Waals surface area contributed by atoms with Crippen molar-refractivity contribution in [3.05, 3.63) is 75.2 Å². The third-order valence-electron chi connectivity index (χ3n) is 14.2. The molecule has 0 spiro atoms. The number of fused-ring (bicyclic) bond motifs is 4. The van der Waals surface area contributed by atoms with Gasteiger partial charge in [-0.2, -0.15) is 4.98 Å². The normalized spacial score (nSPS) is 24.7. The molecule has 5 aliphatic heterocycles. The third kappa shape index (κ3) is 8.38. The summed E-state index contributed by atoms with van der Waals surface area (Å²) in [6.45, 7) is 7.54. The number of halogens is 1. The van der Waals surface area contributed by atoms with Gasteiger partial charge in [0.2, 0.25) is 17.8 Å². The first-order valence-corrected chi connectivity index (χ1v) is 23.3. The van der Waals surface area contributed by atoms with Crippen molar-refractivity contribution >= 4 is 69.3 Å². The quantitative estimate of drug-likeness (QED) is 0.169. The van der Waals surface area contributed by atoms with Gasteiger partial charge in [0, 0.05) is 92.7 Å². The number of aromatic nitrogens is 3. The third-order valence-corrected chi connectivity index (χ3v) is 14.4. The lowest BCUT2D eigenvalue weighted by atomic mass is 9.86. The van der Waals surface area contributed by atoms with Gasteiger partial charge in [0.15, 0.2) is 18.2 Å². The van der Waals surface area contributed by atoms with Gasteiger partial charge in [0.1, 0.15) is 11.1 Å². The maximum Gasteiger partial charge on any atom is 0.293 e. The van der Waals surface area contributed by atoms with Crippen LogP contribution in [0.15, 0.2) is 53.5 Å². The van der Waals surface area contributed by atoms with Crippen LogP contribution in [0.5, 0.6) is 5.75 Å². The van der Waals surface area contributed by atoms with Gasteiger partial charge in [-0.15, -0.1) is 0 Å². The number of carbonyl (C=O) groups is 4. The number of carbonyl (C=O) groups excluding carboxylic acids is 4. The fraction of sp³-hybridized carbons (Fsp3) is 0.511. The number of piperazine rings is 1. The monoisotopic (exact) mass is 906 g/mol. The number of benzene rings is 2. The number of hydrogen-bond donors (Lipinski definition) is 3. The number of piperidine rings is 2. The highest BCUT2D eigenvalue weighted by molar-refractivity contribution is 6.33. The molecule has 2 bridgehead atoms. The molecule has 4 saturated heterocycles. The van der Waals surface area contributed by atoms with E-state index in [1.807, 2.05) is 38.1 Å². The summed E-state index contributed by atoms with van der Waals surface area (Å²) >= 11 is 6.62. The molecule has 3 N–H and O–H groups in total. The molecule has 4 amide bonds. The highest BCUT2D eigenvalue weighted by atomic mass is 35.5. The maximum absolute atomic E-state index is 13.3. The minimum absolute atomic E-state index is 0.0956. The van der Waals surface area contributed by atoms with Crippen LogP contribution in [0.1, 0.15) is 87.2 Å². The van der Waals surface area contributed by atoms with Crippen molar-refractivity contribution in [1.82, 2.24) is 35.0 Å². The molecule has 65 heavy (non-hydrogen) atoms. The van der Waals surface area contributed by atoms with E-state index in [1.54, 1.807) is 21.7 Å². The Kier molecular flexibility index (Phi) is 11.6. The highest BCUT2D eigenvalue weighted by Gasteiger charge is 2.46. The number of rotatable bonds is 12. The maximum atomic E-state index is 13.3. The van der Waals surface area contributed by atoms with Crippen LogP contribution in [-0.2, 0) is 25.7 Å². The zero-order valence-corrected chi connectivity index (χ0v) is 37.7. The van der Waals surface area contributed by atoms with Gasteiger partial charge in [-0.1, -0.05) is 11.6 Å². The van der Waals surface area contributed by atoms with E-state index in [-0.39, 0.29) is 66.2 Å². The first-order valence-electron chi connectivity index (χ1n) is 22.9. The van der Waals surface area contributed by atoms with Crippen LogP contribution in [0.3, 0.4) is 0 Å². The van der Waals surface area contributed by atoms with Crippen molar-refractivity contribution in [2.24, 2.45) is 0 Å². The number of pyridine rings is 1. The van der Waals surface area contributed by atoms with E-state index >= 15 is 0 Å². The molecule has 2 aromatic heterocycles. The summed E-state index contributed by atoms with van der Waals surface area (Å²) in [7, 11) is 1.52. The van der Waals surface area contributed by atoms with E-state index in [4.69, 9.17) is 26.1 Å². The summed E-state index contributed by atoms with van der Waals surface area (Å²) in [6.07, 6.45) is 8.79. The molecule has 4 aromatic rings. The predicted molar refractivity (Wildman–Crippen MR) is 245 cm³/mol. The van der Waals surface area contributed by atoms with Crippen molar-refractivity contribution in [2.75, 3.05) is 55.0 Å². The second kappa shape index (κ2) is 17.5. The van der Waals surface area contributed by atoms with E-state index < -0.39 is 6.04 Å². The molecule has 3 atom stereocenters. The number of ether oxygens (including phenoxy) is 2. The Bertz CT molecular complexity index is 2600. The van der Waals surface area contributed by atoms with Crippen LogP contribution >= 0.6 is 11.6 Å². The van der Waals surface area contributed by atoms with Crippen molar-refractivity contribution in [2.45, 2.75) is 114 Å². The average Bonchev–Trinajstić information content (AvgIpc) is 3.75. The first-order chi connectivity index (χ1) is 31.4. The number of likely N-dealkylation sites (tertiary alicyclic amines) is 1. The minimum Gasteiger partial charge on any atom is -0.478 e. The summed E-state index contributed by atoms with van der Waals surface area (Å²) in [4.78, 5) is 81.1. The Morgan fingerprint density at radius 3 is 2.43 bits per heavy atom. The molecule has 18 heteroatoms. The van der Waals surface area contributed by atoms with Gasteiger partial charge in [-0.25, -0.2) is 4.98 Å². The van der Waals surface area contributed by atoms with E-state index in [0.29, 0.717) is 53.4 Å². The van der Waals surface area contributed by atoms with Gasteiger partial charge >= 0.3 is 0 Å². The van der Waals surface area contributed by atoms with Crippen LogP contribution in [0, 0.1) is 0 Å². The molecule has 342 valence electrons. The Morgan fingerprint density at radius 1 is 0.938 bits per heavy atom. The summed E-state index contributed by atoms with van der Waals surface area (Å²) in [5.41, 5.74) is 3.91. The fourth-order valence-electron chi connectivity index (χ4n) is 10.8. The molecule has 2 aromatic carbocycles. The zero-order chi connectivity index (χ0) is 45.1. The number of likely N-dealkylation sites (N-methyl/N-ethyl adjacent to an activating group) is 1. The smallest absolute Gasteiger partial charge is 0.293 e. The topological polar surface area (TPSA) is 184 Å². The SMILES string of the molecule is CNC(=O)COc1cc2cc(Nc3nc(N4CCC(OC5CC(N6CC7CCC(C6)N7c6ccc7c(c6)CN(C6CCC(=O)NC6=O)C7=O)C5)CC4)ncc3Cl)ccc2n(C(C)C)c1=O. The van der Waals surface area contributed by atoms with Gasteiger partial charge in [-0.3, -0.25) is 34.2 Å². The predicted octanol–water partition coefficient (Wildman–Crippen LogP) is 4.52. The lowest BCUT2D eigenvalue weighted by Gasteiger charge is -2.50. The Labute approximate surface area is 381 Å². The van der Waals surface area contributed by atoms with Gasteiger partial charge in [-0.05, 0) is 107 Å². The molecule has 17 nitrogen and oxygen atoms in total. The Balaban J connectivity index is 0.709. The standard InChI is InChI=1S/C47H55ClN10O7/c1-26(2)57-38-9-4-29(16-27(38)18-40(46(57)63)64-25-42(60)49-3)51-43-37(48)21-50-47(53-43)54-14-12-34(13-15-54)65-35-19-33(20-35)55-23-31-5-6-32(24-55)58(31)30-7-8-36-28(17-30)22-56(45(36)62)39-10-11-41(59)52-44(39)61/h4,7-9,16-18,21,26,31-35,39H,5-6,10-15,19-20,22-25H2,1-3H3,(H,49,60)(H,50,51,53)(H,52,59,61). The lowest BCUT2D eigenvalue weighted by Crippen LogP contribution is -2.60. The Morgan fingerprint density at radius 2 is 1.71 bits per heavy atom. The molecule has 10 rings (SSSR count). The minimum atomic E-state index is -0.610. The second-order valence-corrected chi connectivity index (χ2v) is 19.0. The molecule has 0 radical (unpaired) electrons. The van der Waals surface area contributed by atoms with Crippen molar-refractivity contribution in [1.29, 1.82) is 0 Å². The van der Waals surface area contributed by atoms with Crippen molar-refractivity contribution in [3.63, 3.8) is 0 Å². The van der Waals surface area contributed by atoms with Crippen LogP contribution in [0.4, 0.5) is 23.1 Å². The molecule has 5 fully saturated rings. The second-order valence-electron chi connectivity index (χ2n) is 18.6. The van der Waals surface area contributed by atoms with Crippen LogP contribution in [0.2, 0.25) is 5.02 Å². The van der Waals surface area contributed by atoms with E-state index in [9.17, 15) is 24.0 Å². The van der Waals surface area contributed by atoms with Gasteiger partial charge < -0.3 is 39.4 Å². The first kappa shape index (κ1) is 43.1. The molecular formula is C47H55ClN10O7. The molecule has 6 aliphatic rings. The van der Waals surface area contributed by atoms with Crippen molar-refractivity contribution < 1.29 is 28.7 Å². The number of nitrogens with zero attached hydrogens (tertiary/aromatic N) is 7. The molecular weight excluding hydrogens is 852 g/mol. The fourth-order valence-corrected chi connectivity index (χ4v) is 10.9. The molecule has 3 unspecified atom stereocenters. The zero-order valence-electron chi connectivity index (χ0n) is 36.9. The highest BCUT2D eigenvalue weighted by Crippen LogP contribution is 2.41. The van der Waals surface area contributed by atoms with Crippen LogP contribution in [0.25, 0.3) is 10.9 Å². The molecule has 7 heterocycles. The van der Waals surface area contributed by atoms with E-state index in [2.05, 4.69) is 47.8 Å². The van der Waals surface area contributed by atoms with Crippen LogP contribution in [-0.4, -0.2) is 124 Å². The molecule has 1 aliphatic carbocycles. The van der Waals surface area contributed by atoms with E-state index in [1.165, 1.54) is 7.05 Å². The number of amides is 4. The lowest BCUT2D eigenvalue weighted by molar-refractivity contribution is -0.137. The number of nitrogens with one attached hydrogen (secondary N) is 3. The number of hydrogen-bond acceptors (Lipinski definition) is 13. The number of imide groups is 1. The van der Waals surface area contributed by atoms with Crippen molar-refractivity contribution in [3.8, 4) is 5.75 Å². The largest absolute Gasteiger partial charge is 0.478 e. The molecule has 1 saturated carbocycles. The Hall–Kier alpha value is -5.78. The number of anilines is 4. The van der Waals surface area contributed by atoms with Crippen LogP contribution < -0.4 is 36.0 Å². The summed E-state index contributed by atoms with van der Waals surface area (Å²) < 4.78 is 14.0. The summed E-state index contributed by atoms with van der Waals surface area (Å²) in [5.74, 6) is 0.0311. The average molecular weight is 907 g/mol. The summed E-state index contributed by atoms with van der Waals surface area (Å²) in [5, 5.41) is 9.38. The summed E-state index contributed by atoms with van der Waals surface area (Å²) in [6, 6.07) is 14.1. The van der Waals surface area contributed by atoms with Gasteiger partial charge in [0.05, 0.1) is 23.9 Å². The van der Waals surface area contributed by atoms with E-state index in [0.717, 1.165) is 92.5 Å².